The van der Waals surface area contributed by atoms with E-state index in [4.69, 9.17) is 9.47 Å². The lowest BCUT2D eigenvalue weighted by molar-refractivity contribution is -0.142. The molecule has 0 spiro atoms. The van der Waals surface area contributed by atoms with Gasteiger partial charge in [0.1, 0.15) is 0 Å². The summed E-state index contributed by atoms with van der Waals surface area (Å²) >= 11 is 0. The second-order valence-corrected chi connectivity index (χ2v) is 4.54. The fourth-order valence-corrected chi connectivity index (χ4v) is 1.74. The number of methoxy groups -OCH3 is 1. The van der Waals surface area contributed by atoms with Crippen molar-refractivity contribution in [2.75, 3.05) is 7.11 Å². The van der Waals surface area contributed by atoms with Crippen molar-refractivity contribution in [3.05, 3.63) is 36.5 Å². The SMILES string of the molecule is CO[C@H]1/C=C\CCC[C@H](C)OC(=O)/C=C\[C@@H](O)/C=C\1. The average molecular weight is 266 g/mol. The molecule has 0 fully saturated rings. The fourth-order valence-electron chi connectivity index (χ4n) is 1.74. The van der Waals surface area contributed by atoms with Crippen molar-refractivity contribution in [3.63, 3.8) is 0 Å². The third kappa shape index (κ3) is 6.94. The van der Waals surface area contributed by atoms with E-state index >= 15 is 0 Å². The fraction of sp³-hybridized carbons (Fsp3) is 0.533. The van der Waals surface area contributed by atoms with Crippen molar-refractivity contribution in [3.8, 4) is 0 Å². The number of aliphatic hydroxyl groups excluding tert-OH is 1. The van der Waals surface area contributed by atoms with E-state index in [9.17, 15) is 9.90 Å². The van der Waals surface area contributed by atoms with Crippen molar-refractivity contribution >= 4 is 5.97 Å². The Labute approximate surface area is 114 Å². The topological polar surface area (TPSA) is 55.8 Å². The van der Waals surface area contributed by atoms with E-state index in [1.807, 2.05) is 19.1 Å². The standard InChI is InChI=1S/C15H22O4/c1-12-6-4-3-5-7-14(18-2)10-8-13(16)9-11-15(17)19-12/h5,7-14,16H,3-4,6H2,1-2H3/b7-5-,10-8-,11-9-/t12-,13-,14-/m0/s1. The van der Waals surface area contributed by atoms with E-state index < -0.39 is 12.1 Å². The first-order valence-corrected chi connectivity index (χ1v) is 6.56. The van der Waals surface area contributed by atoms with Gasteiger partial charge in [0.05, 0.1) is 18.3 Å². The molecule has 4 heteroatoms. The first-order chi connectivity index (χ1) is 9.11. The van der Waals surface area contributed by atoms with Crippen LogP contribution in [-0.2, 0) is 14.3 Å². The molecule has 1 rings (SSSR count). The summed E-state index contributed by atoms with van der Waals surface area (Å²) in [7, 11) is 1.62. The van der Waals surface area contributed by atoms with E-state index in [1.165, 1.54) is 12.2 Å². The van der Waals surface area contributed by atoms with Crippen LogP contribution in [0.25, 0.3) is 0 Å². The van der Waals surface area contributed by atoms with E-state index in [0.29, 0.717) is 0 Å². The Morgan fingerprint density at radius 3 is 2.84 bits per heavy atom. The molecule has 0 unspecified atom stereocenters. The van der Waals surface area contributed by atoms with Gasteiger partial charge in [0, 0.05) is 13.2 Å². The molecule has 1 N–H and O–H groups in total. The number of ether oxygens (including phenoxy) is 2. The van der Waals surface area contributed by atoms with E-state index in [2.05, 4.69) is 0 Å². The van der Waals surface area contributed by atoms with E-state index in [-0.39, 0.29) is 12.2 Å². The minimum Gasteiger partial charge on any atom is -0.460 e. The lowest BCUT2D eigenvalue weighted by Crippen LogP contribution is -2.13. The Balaban J connectivity index is 2.73. The molecule has 4 nitrogen and oxygen atoms in total. The van der Waals surface area contributed by atoms with Crippen LogP contribution >= 0.6 is 0 Å². The molecular formula is C15H22O4. The zero-order valence-corrected chi connectivity index (χ0v) is 11.5. The van der Waals surface area contributed by atoms with Crippen LogP contribution in [0.2, 0.25) is 0 Å². The third-order valence-corrected chi connectivity index (χ3v) is 2.82. The summed E-state index contributed by atoms with van der Waals surface area (Å²) in [5.74, 6) is -0.421. The van der Waals surface area contributed by atoms with Crippen LogP contribution in [0, 0.1) is 0 Å². The monoisotopic (exact) mass is 266 g/mol. The molecule has 1 heterocycles. The first-order valence-electron chi connectivity index (χ1n) is 6.56. The quantitative estimate of drug-likeness (QED) is 0.583. The van der Waals surface area contributed by atoms with Crippen molar-refractivity contribution in [2.45, 2.75) is 44.5 Å². The van der Waals surface area contributed by atoms with Crippen LogP contribution in [0.4, 0.5) is 0 Å². The number of hydrogen-bond acceptors (Lipinski definition) is 4. The van der Waals surface area contributed by atoms with Gasteiger partial charge in [-0.05, 0) is 32.3 Å². The summed E-state index contributed by atoms with van der Waals surface area (Å²) < 4.78 is 10.4. The molecule has 106 valence electrons. The first kappa shape index (κ1) is 15.7. The molecule has 19 heavy (non-hydrogen) atoms. The number of carbonyl (C=O) groups is 1. The van der Waals surface area contributed by atoms with Gasteiger partial charge in [0.2, 0.25) is 0 Å². The maximum Gasteiger partial charge on any atom is 0.330 e. The lowest BCUT2D eigenvalue weighted by atomic mass is 10.1. The van der Waals surface area contributed by atoms with Gasteiger partial charge < -0.3 is 14.6 Å². The summed E-state index contributed by atoms with van der Waals surface area (Å²) in [6, 6.07) is 0. The van der Waals surface area contributed by atoms with Gasteiger partial charge in [-0.3, -0.25) is 0 Å². The van der Waals surface area contributed by atoms with E-state index in [1.54, 1.807) is 19.3 Å². The highest BCUT2D eigenvalue weighted by molar-refractivity contribution is 5.82. The summed E-state index contributed by atoms with van der Waals surface area (Å²) in [5, 5.41) is 9.65. The Kier molecular flexibility index (Phi) is 7.15. The van der Waals surface area contributed by atoms with Gasteiger partial charge in [-0.2, -0.15) is 0 Å². The maximum atomic E-state index is 11.4. The second kappa shape index (κ2) is 8.67. The number of esters is 1. The highest BCUT2D eigenvalue weighted by Crippen LogP contribution is 2.08. The maximum absolute atomic E-state index is 11.4. The number of carbonyl (C=O) groups excluding carboxylic acids is 1. The number of hydrogen-bond donors (Lipinski definition) is 1. The van der Waals surface area contributed by atoms with Crippen LogP contribution in [-0.4, -0.2) is 36.5 Å². The third-order valence-electron chi connectivity index (χ3n) is 2.82. The second-order valence-electron chi connectivity index (χ2n) is 4.54. The van der Waals surface area contributed by atoms with Crippen molar-refractivity contribution in [1.29, 1.82) is 0 Å². The highest BCUT2D eigenvalue weighted by Gasteiger charge is 2.07. The molecule has 0 aromatic heterocycles. The number of allylic oxidation sites excluding steroid dienone is 1. The van der Waals surface area contributed by atoms with Gasteiger partial charge in [-0.25, -0.2) is 4.79 Å². The number of cyclic esters (lactones) is 1. The molecule has 0 radical (unpaired) electrons. The van der Waals surface area contributed by atoms with Crippen molar-refractivity contribution in [2.24, 2.45) is 0 Å². The molecule has 1 aliphatic rings. The lowest BCUT2D eigenvalue weighted by Gasteiger charge is -2.12. The molecular weight excluding hydrogens is 244 g/mol. The molecule has 0 bridgehead atoms. The van der Waals surface area contributed by atoms with Gasteiger partial charge in [0.15, 0.2) is 0 Å². The summed E-state index contributed by atoms with van der Waals surface area (Å²) in [6.07, 6.45) is 11.6. The Morgan fingerprint density at radius 1 is 1.32 bits per heavy atom. The zero-order valence-electron chi connectivity index (χ0n) is 11.5. The Bertz CT molecular complexity index is 357. The van der Waals surface area contributed by atoms with Gasteiger partial charge >= 0.3 is 5.97 Å². The van der Waals surface area contributed by atoms with Crippen LogP contribution in [0.1, 0.15) is 26.2 Å². The molecule has 0 saturated carbocycles. The largest absolute Gasteiger partial charge is 0.460 e. The Hall–Kier alpha value is -1.39. The van der Waals surface area contributed by atoms with Crippen LogP contribution < -0.4 is 0 Å². The molecule has 0 saturated heterocycles. The van der Waals surface area contributed by atoms with Gasteiger partial charge in [0.25, 0.3) is 0 Å². The van der Waals surface area contributed by atoms with Crippen LogP contribution in [0.15, 0.2) is 36.5 Å². The van der Waals surface area contributed by atoms with Crippen LogP contribution in [0.5, 0.6) is 0 Å². The minimum atomic E-state index is -0.822. The summed E-state index contributed by atoms with van der Waals surface area (Å²) in [6.45, 7) is 1.87. The minimum absolute atomic E-state index is 0.112. The number of aliphatic hydroxyl groups is 1. The van der Waals surface area contributed by atoms with E-state index in [0.717, 1.165) is 19.3 Å². The molecule has 0 aromatic rings. The molecule has 0 aromatic carbocycles. The normalized spacial score (nSPS) is 34.9. The predicted octanol–water partition coefficient (Wildman–Crippen LogP) is 2.15. The van der Waals surface area contributed by atoms with Gasteiger partial charge in [-0.15, -0.1) is 0 Å². The van der Waals surface area contributed by atoms with Crippen LogP contribution in [0.3, 0.4) is 0 Å². The zero-order chi connectivity index (χ0) is 14.1. The van der Waals surface area contributed by atoms with Gasteiger partial charge in [-0.1, -0.05) is 24.3 Å². The average Bonchev–Trinajstić information content (AvgIpc) is 2.38. The molecule has 0 amide bonds. The summed E-state index contributed by atoms with van der Waals surface area (Å²) in [5.41, 5.74) is 0. The molecule has 1 aliphatic heterocycles. The predicted molar refractivity (Wildman–Crippen MR) is 73.6 cm³/mol. The highest BCUT2D eigenvalue weighted by atomic mass is 16.5. The van der Waals surface area contributed by atoms with Crippen molar-refractivity contribution < 1.29 is 19.4 Å². The Morgan fingerprint density at radius 2 is 2.11 bits per heavy atom. The van der Waals surface area contributed by atoms with Crippen molar-refractivity contribution in [1.82, 2.24) is 0 Å². The molecule has 3 atom stereocenters. The smallest absolute Gasteiger partial charge is 0.330 e. The molecule has 0 aliphatic carbocycles. The summed E-state index contributed by atoms with van der Waals surface area (Å²) in [4.78, 5) is 11.4. The number of rotatable bonds is 1.